The number of hydrogen-bond acceptors (Lipinski definition) is 5. The van der Waals surface area contributed by atoms with E-state index in [0.29, 0.717) is 5.56 Å². The van der Waals surface area contributed by atoms with Crippen LogP contribution < -0.4 is 10.7 Å². The second kappa shape index (κ2) is 8.87. The Hall–Kier alpha value is -2.82. The number of amides is 2. The monoisotopic (exact) mass is 452 g/mol. The van der Waals surface area contributed by atoms with Crippen molar-refractivity contribution >= 4 is 46.3 Å². The zero-order chi connectivity index (χ0) is 18.2. The van der Waals surface area contributed by atoms with E-state index in [1.165, 1.54) is 24.4 Å². The minimum atomic E-state index is -0.547. The van der Waals surface area contributed by atoms with Gasteiger partial charge in [-0.2, -0.15) is 5.10 Å². The normalized spacial score (nSPS) is 10.4. The maximum absolute atomic E-state index is 12.0. The van der Waals surface area contributed by atoms with Crippen molar-refractivity contribution in [1.82, 2.24) is 10.7 Å². The van der Waals surface area contributed by atoms with E-state index in [1.54, 1.807) is 24.3 Å². The lowest BCUT2D eigenvalue weighted by atomic mass is 10.2. The van der Waals surface area contributed by atoms with Crippen LogP contribution in [0.1, 0.15) is 15.9 Å². The number of hydrogen-bond donors (Lipinski definition) is 2. The van der Waals surface area contributed by atoms with Gasteiger partial charge in [0.2, 0.25) is 0 Å². The molecule has 0 aliphatic carbocycles. The van der Waals surface area contributed by atoms with Crippen LogP contribution in [0.2, 0.25) is 0 Å². The van der Waals surface area contributed by atoms with Gasteiger partial charge < -0.3 is 5.32 Å². The number of benzene rings is 2. The predicted molar refractivity (Wildman–Crippen MR) is 100 cm³/mol. The standard InChI is InChI=1S/C16H13IN4O4/c17-13-7-3-2-6-12(13)16(23)18-10-15(22)20-19-9-11-5-1-4-8-14(11)21(24)25/h1-9H,10H2,(H,18,23)(H,20,22)/b19-9+. The zero-order valence-corrected chi connectivity index (χ0v) is 15.0. The number of nitro groups is 1. The number of nitrogens with zero attached hydrogens (tertiary/aromatic N) is 2. The minimum Gasteiger partial charge on any atom is -0.343 e. The molecule has 0 fully saturated rings. The third-order valence-electron chi connectivity index (χ3n) is 3.05. The summed E-state index contributed by atoms with van der Waals surface area (Å²) in [6.45, 7) is -0.266. The Morgan fingerprint density at radius 1 is 1.16 bits per heavy atom. The van der Waals surface area contributed by atoms with Crippen molar-refractivity contribution in [2.45, 2.75) is 0 Å². The van der Waals surface area contributed by atoms with Gasteiger partial charge in [-0.05, 0) is 40.8 Å². The van der Waals surface area contributed by atoms with Crippen molar-refractivity contribution in [2.75, 3.05) is 6.54 Å². The Labute approximate surface area is 156 Å². The summed E-state index contributed by atoms with van der Waals surface area (Å²) in [5.41, 5.74) is 2.82. The molecule has 128 valence electrons. The van der Waals surface area contributed by atoms with E-state index in [4.69, 9.17) is 0 Å². The van der Waals surface area contributed by atoms with Gasteiger partial charge in [0.25, 0.3) is 17.5 Å². The van der Waals surface area contributed by atoms with Crippen molar-refractivity contribution < 1.29 is 14.5 Å². The first kappa shape index (κ1) is 18.5. The molecule has 2 rings (SSSR count). The molecule has 0 spiro atoms. The molecule has 0 unspecified atom stereocenters. The fourth-order valence-electron chi connectivity index (χ4n) is 1.88. The van der Waals surface area contributed by atoms with Gasteiger partial charge in [0.05, 0.1) is 28.8 Å². The van der Waals surface area contributed by atoms with Crippen LogP contribution in [-0.2, 0) is 4.79 Å². The van der Waals surface area contributed by atoms with E-state index in [1.807, 2.05) is 28.7 Å². The van der Waals surface area contributed by atoms with E-state index < -0.39 is 10.8 Å². The van der Waals surface area contributed by atoms with Crippen LogP contribution in [0.15, 0.2) is 53.6 Å². The number of carbonyl (C=O) groups excluding carboxylic acids is 2. The molecule has 0 aromatic heterocycles. The molecule has 2 N–H and O–H groups in total. The molecule has 0 bridgehead atoms. The SMILES string of the molecule is O=C(CNC(=O)c1ccccc1I)N/N=C/c1ccccc1[N+](=O)[O-]. The Morgan fingerprint density at radius 2 is 1.84 bits per heavy atom. The minimum absolute atomic E-state index is 0.118. The van der Waals surface area contributed by atoms with E-state index in [0.717, 1.165) is 3.57 Å². The van der Waals surface area contributed by atoms with Crippen LogP contribution in [0.25, 0.3) is 0 Å². The first-order valence-electron chi connectivity index (χ1n) is 7.07. The first-order chi connectivity index (χ1) is 12.0. The average molecular weight is 452 g/mol. The van der Waals surface area contributed by atoms with Crippen LogP contribution in [0, 0.1) is 13.7 Å². The fourth-order valence-corrected chi connectivity index (χ4v) is 2.51. The largest absolute Gasteiger partial charge is 0.343 e. The number of carbonyl (C=O) groups is 2. The van der Waals surface area contributed by atoms with Crippen molar-refractivity contribution in [3.63, 3.8) is 0 Å². The molecule has 2 aromatic rings. The van der Waals surface area contributed by atoms with Crippen molar-refractivity contribution in [1.29, 1.82) is 0 Å². The maximum atomic E-state index is 12.0. The third-order valence-corrected chi connectivity index (χ3v) is 4.00. The summed E-state index contributed by atoms with van der Waals surface area (Å²) in [6, 6.07) is 13.0. The van der Waals surface area contributed by atoms with Crippen LogP contribution in [0.4, 0.5) is 5.69 Å². The molecule has 0 saturated heterocycles. The molecular formula is C16H13IN4O4. The predicted octanol–water partition coefficient (Wildman–Crippen LogP) is 2.08. The fraction of sp³-hybridized carbons (Fsp3) is 0.0625. The summed E-state index contributed by atoms with van der Waals surface area (Å²) >= 11 is 2.03. The van der Waals surface area contributed by atoms with Crippen molar-refractivity contribution in [3.05, 3.63) is 73.3 Å². The molecule has 2 aromatic carbocycles. The lowest BCUT2D eigenvalue weighted by Crippen LogP contribution is -2.35. The van der Waals surface area contributed by atoms with Gasteiger partial charge in [-0.25, -0.2) is 5.43 Å². The first-order valence-corrected chi connectivity index (χ1v) is 8.15. The summed E-state index contributed by atoms with van der Waals surface area (Å²) in [7, 11) is 0. The molecule has 0 heterocycles. The smallest absolute Gasteiger partial charge is 0.278 e. The van der Waals surface area contributed by atoms with Crippen LogP contribution in [0.3, 0.4) is 0 Å². The van der Waals surface area contributed by atoms with Gasteiger partial charge in [-0.1, -0.05) is 24.3 Å². The molecular weight excluding hydrogens is 439 g/mol. The molecule has 25 heavy (non-hydrogen) atoms. The molecule has 0 radical (unpaired) electrons. The van der Waals surface area contributed by atoms with Gasteiger partial charge >= 0.3 is 0 Å². The number of nitro benzene ring substituents is 1. The highest BCUT2D eigenvalue weighted by atomic mass is 127. The highest BCUT2D eigenvalue weighted by molar-refractivity contribution is 14.1. The van der Waals surface area contributed by atoms with E-state index in [-0.39, 0.29) is 23.7 Å². The number of rotatable bonds is 6. The molecule has 0 atom stereocenters. The van der Waals surface area contributed by atoms with Crippen LogP contribution in [-0.4, -0.2) is 29.5 Å². The van der Waals surface area contributed by atoms with Crippen LogP contribution in [0.5, 0.6) is 0 Å². The summed E-state index contributed by atoms with van der Waals surface area (Å²) in [4.78, 5) is 34.0. The topological polar surface area (TPSA) is 114 Å². The number of nitrogens with one attached hydrogen (secondary N) is 2. The van der Waals surface area contributed by atoms with Crippen molar-refractivity contribution in [2.24, 2.45) is 5.10 Å². The quantitative estimate of drug-likeness (QED) is 0.302. The lowest BCUT2D eigenvalue weighted by molar-refractivity contribution is -0.385. The molecule has 2 amide bonds. The second-order valence-corrected chi connectivity index (χ2v) is 5.93. The van der Waals surface area contributed by atoms with Crippen molar-refractivity contribution in [3.8, 4) is 0 Å². The molecule has 9 heteroatoms. The number of hydrazone groups is 1. The summed E-state index contributed by atoms with van der Waals surface area (Å²) < 4.78 is 0.771. The van der Waals surface area contributed by atoms with Crippen LogP contribution >= 0.6 is 22.6 Å². The summed E-state index contributed by atoms with van der Waals surface area (Å²) in [5.74, 6) is -0.919. The van der Waals surface area contributed by atoms with E-state index in [2.05, 4.69) is 15.8 Å². The average Bonchev–Trinajstić information content (AvgIpc) is 2.60. The molecule has 8 nitrogen and oxygen atoms in total. The van der Waals surface area contributed by atoms with E-state index in [9.17, 15) is 19.7 Å². The van der Waals surface area contributed by atoms with Gasteiger partial charge in [-0.3, -0.25) is 19.7 Å². The van der Waals surface area contributed by atoms with E-state index >= 15 is 0 Å². The number of para-hydroxylation sites is 1. The Morgan fingerprint density at radius 3 is 2.56 bits per heavy atom. The summed E-state index contributed by atoms with van der Waals surface area (Å²) in [6.07, 6.45) is 1.18. The second-order valence-electron chi connectivity index (χ2n) is 4.77. The maximum Gasteiger partial charge on any atom is 0.278 e. The molecule has 0 aliphatic rings. The van der Waals surface area contributed by atoms with Gasteiger partial charge in [0, 0.05) is 9.64 Å². The van der Waals surface area contributed by atoms with Gasteiger partial charge in [0.15, 0.2) is 0 Å². The Balaban J connectivity index is 1.88. The Kier molecular flexibility index (Phi) is 6.57. The highest BCUT2D eigenvalue weighted by Gasteiger charge is 2.11. The molecule has 0 saturated carbocycles. The molecule has 0 aliphatic heterocycles. The number of halogens is 1. The van der Waals surface area contributed by atoms with Gasteiger partial charge in [0.1, 0.15) is 0 Å². The highest BCUT2D eigenvalue weighted by Crippen LogP contribution is 2.15. The zero-order valence-electron chi connectivity index (χ0n) is 12.8. The summed E-state index contributed by atoms with van der Waals surface area (Å²) in [5, 5.41) is 17.0. The van der Waals surface area contributed by atoms with Gasteiger partial charge in [-0.15, -0.1) is 0 Å². The third kappa shape index (κ3) is 5.35. The Bertz CT molecular complexity index is 838. The lowest BCUT2D eigenvalue weighted by Gasteiger charge is -2.05.